The number of nitrogens with zero attached hydrogens (tertiary/aromatic N) is 2. The third-order valence-electron chi connectivity index (χ3n) is 2.73. The van der Waals surface area contributed by atoms with Gasteiger partial charge in [-0.3, -0.25) is 5.10 Å². The highest BCUT2D eigenvalue weighted by atomic mass is 32.2. The molecule has 0 bridgehead atoms. The van der Waals surface area contributed by atoms with Crippen molar-refractivity contribution in [2.45, 2.75) is 24.3 Å². The van der Waals surface area contributed by atoms with Gasteiger partial charge in [0.2, 0.25) is 10.0 Å². The van der Waals surface area contributed by atoms with Gasteiger partial charge in [0.25, 0.3) is 0 Å². The molecule has 1 saturated heterocycles. The number of rotatable bonds is 3. The van der Waals surface area contributed by atoms with Gasteiger partial charge >= 0.3 is 5.97 Å². The van der Waals surface area contributed by atoms with E-state index in [2.05, 4.69) is 10.2 Å². The van der Waals surface area contributed by atoms with Gasteiger partial charge in [0.05, 0.1) is 11.3 Å². The summed E-state index contributed by atoms with van der Waals surface area (Å²) in [4.78, 5) is 10.6. The highest BCUT2D eigenvalue weighted by Gasteiger charge is 2.46. The minimum Gasteiger partial charge on any atom is -0.476 e. The third kappa shape index (κ3) is 1.89. The van der Waals surface area contributed by atoms with E-state index in [0.717, 1.165) is 4.31 Å². The predicted octanol–water partition coefficient (Wildman–Crippen LogP) is -0.828. The predicted molar refractivity (Wildman–Crippen MR) is 59.7 cm³/mol. The van der Waals surface area contributed by atoms with E-state index in [4.69, 9.17) is 5.11 Å². The van der Waals surface area contributed by atoms with Crippen molar-refractivity contribution >= 4 is 16.0 Å². The molecule has 0 amide bonds. The molecule has 0 saturated carbocycles. The lowest BCUT2D eigenvalue weighted by atomic mass is 10.0. The van der Waals surface area contributed by atoms with Crippen LogP contribution in [0.25, 0.3) is 0 Å². The molecule has 8 nitrogen and oxygen atoms in total. The van der Waals surface area contributed by atoms with Crippen molar-refractivity contribution in [3.8, 4) is 0 Å². The highest BCUT2D eigenvalue weighted by Crippen LogP contribution is 2.30. The fourth-order valence-electron chi connectivity index (χ4n) is 1.89. The number of sulfonamides is 1. The zero-order chi connectivity index (χ0) is 13.7. The molecule has 9 heteroatoms. The second-order valence-electron chi connectivity index (χ2n) is 4.60. The van der Waals surface area contributed by atoms with Crippen LogP contribution < -0.4 is 0 Å². The Bertz CT molecular complexity index is 596. The van der Waals surface area contributed by atoms with Gasteiger partial charge in [-0.25, -0.2) is 13.2 Å². The van der Waals surface area contributed by atoms with Gasteiger partial charge in [-0.2, -0.15) is 9.40 Å². The number of aromatic amines is 1. The summed E-state index contributed by atoms with van der Waals surface area (Å²) >= 11 is 0. The zero-order valence-electron chi connectivity index (χ0n) is 9.84. The van der Waals surface area contributed by atoms with Crippen LogP contribution in [0.3, 0.4) is 0 Å². The molecule has 1 fully saturated rings. The normalized spacial score (nSPS) is 19.5. The Labute approximate surface area is 103 Å². The van der Waals surface area contributed by atoms with Gasteiger partial charge in [-0.1, -0.05) is 0 Å². The molecule has 0 atom stereocenters. The number of aromatic nitrogens is 2. The Hall–Kier alpha value is -1.45. The van der Waals surface area contributed by atoms with Crippen LogP contribution in [0.15, 0.2) is 4.90 Å². The molecule has 1 aromatic heterocycles. The van der Waals surface area contributed by atoms with E-state index in [0.29, 0.717) is 0 Å². The summed E-state index contributed by atoms with van der Waals surface area (Å²) in [7, 11) is -3.94. The summed E-state index contributed by atoms with van der Waals surface area (Å²) in [6.45, 7) is 2.83. The number of aryl methyl sites for hydroxylation is 1. The Balaban J connectivity index is 2.43. The summed E-state index contributed by atoms with van der Waals surface area (Å²) in [6, 6.07) is 0. The minimum atomic E-state index is -3.94. The van der Waals surface area contributed by atoms with E-state index >= 15 is 0 Å². The zero-order valence-corrected chi connectivity index (χ0v) is 10.7. The topological polar surface area (TPSA) is 124 Å². The first-order valence-electron chi connectivity index (χ1n) is 5.16. The number of carboxylic acids is 1. The van der Waals surface area contributed by atoms with E-state index in [1.165, 1.54) is 13.8 Å². The van der Waals surface area contributed by atoms with Crippen LogP contribution in [0.4, 0.5) is 0 Å². The number of nitrogens with one attached hydrogen (secondary N) is 1. The molecular weight excluding hydrogens is 262 g/mol. The molecule has 0 unspecified atom stereocenters. The summed E-state index contributed by atoms with van der Waals surface area (Å²) in [6.07, 6.45) is 0. The van der Waals surface area contributed by atoms with Crippen LogP contribution in [-0.2, 0) is 10.0 Å². The molecule has 100 valence electrons. The maximum atomic E-state index is 12.2. The van der Waals surface area contributed by atoms with Crippen molar-refractivity contribution in [3.63, 3.8) is 0 Å². The number of aromatic carboxylic acids is 1. The molecule has 3 N–H and O–H groups in total. The van der Waals surface area contributed by atoms with Crippen molar-refractivity contribution in [3.05, 3.63) is 11.4 Å². The summed E-state index contributed by atoms with van der Waals surface area (Å²) < 4.78 is 25.4. The van der Waals surface area contributed by atoms with Crippen molar-refractivity contribution < 1.29 is 23.4 Å². The maximum absolute atomic E-state index is 12.2. The SMILES string of the molecule is Cc1[nH]nc(C(=O)O)c1S(=O)(=O)N1CC(C)(O)C1. The van der Waals surface area contributed by atoms with Crippen LogP contribution in [0.5, 0.6) is 0 Å². The molecule has 2 rings (SSSR count). The summed E-state index contributed by atoms with van der Waals surface area (Å²) in [5.74, 6) is -1.41. The molecule has 0 radical (unpaired) electrons. The molecule has 0 aliphatic carbocycles. The van der Waals surface area contributed by atoms with E-state index < -0.39 is 27.3 Å². The molecule has 1 aliphatic rings. The number of carbonyl (C=O) groups is 1. The van der Waals surface area contributed by atoms with Crippen LogP contribution in [0.1, 0.15) is 23.1 Å². The molecule has 0 aromatic carbocycles. The Morgan fingerprint density at radius 1 is 1.50 bits per heavy atom. The smallest absolute Gasteiger partial charge is 0.357 e. The number of H-pyrrole nitrogens is 1. The first-order valence-corrected chi connectivity index (χ1v) is 6.60. The second-order valence-corrected chi connectivity index (χ2v) is 6.48. The molecule has 18 heavy (non-hydrogen) atoms. The van der Waals surface area contributed by atoms with E-state index in [1.54, 1.807) is 0 Å². The van der Waals surface area contributed by atoms with Crippen molar-refractivity contribution in [2.75, 3.05) is 13.1 Å². The fraction of sp³-hybridized carbons (Fsp3) is 0.556. The fourth-order valence-corrected chi connectivity index (χ4v) is 3.86. The number of aliphatic hydroxyl groups is 1. The maximum Gasteiger partial charge on any atom is 0.357 e. The van der Waals surface area contributed by atoms with Crippen LogP contribution in [0.2, 0.25) is 0 Å². The van der Waals surface area contributed by atoms with Gasteiger partial charge in [-0.15, -0.1) is 0 Å². The monoisotopic (exact) mass is 275 g/mol. The lowest BCUT2D eigenvalue weighted by Gasteiger charge is -2.42. The van der Waals surface area contributed by atoms with Crippen LogP contribution in [0, 0.1) is 6.92 Å². The lowest BCUT2D eigenvalue weighted by molar-refractivity contribution is -0.0426. The van der Waals surface area contributed by atoms with Gasteiger partial charge < -0.3 is 10.2 Å². The summed E-state index contributed by atoms with van der Waals surface area (Å²) in [5.41, 5.74) is -1.42. The Morgan fingerprint density at radius 3 is 2.50 bits per heavy atom. The van der Waals surface area contributed by atoms with Crippen LogP contribution >= 0.6 is 0 Å². The lowest BCUT2D eigenvalue weighted by Crippen LogP contribution is -2.61. The van der Waals surface area contributed by atoms with Gasteiger partial charge in [0, 0.05) is 13.1 Å². The minimum absolute atomic E-state index is 0.0565. The number of β-amino-alcohol motifs (C(OH)–C–C–N with tert-alkyl or cyclic N) is 1. The van der Waals surface area contributed by atoms with Crippen molar-refractivity contribution in [1.29, 1.82) is 0 Å². The van der Waals surface area contributed by atoms with Gasteiger partial charge in [0.15, 0.2) is 5.69 Å². The first-order chi connectivity index (χ1) is 8.15. The van der Waals surface area contributed by atoms with Crippen molar-refractivity contribution in [1.82, 2.24) is 14.5 Å². The molecule has 2 heterocycles. The molecular formula is C9H13N3O5S. The quantitative estimate of drug-likeness (QED) is 0.661. The van der Waals surface area contributed by atoms with Gasteiger partial charge in [-0.05, 0) is 13.8 Å². The number of carboxylic acid groups (broad SMARTS) is 1. The average Bonchev–Trinajstić information content (AvgIpc) is 2.57. The van der Waals surface area contributed by atoms with E-state index in [-0.39, 0.29) is 23.7 Å². The van der Waals surface area contributed by atoms with E-state index in [1.807, 2.05) is 0 Å². The van der Waals surface area contributed by atoms with Crippen LogP contribution in [-0.4, -0.2) is 57.8 Å². The Morgan fingerprint density at radius 2 is 2.06 bits per heavy atom. The molecule has 1 aliphatic heterocycles. The van der Waals surface area contributed by atoms with E-state index in [9.17, 15) is 18.3 Å². The standard InChI is InChI=1S/C9H13N3O5S/c1-5-7(6(8(13)14)11-10-5)18(16,17)12-3-9(2,15)4-12/h15H,3-4H2,1-2H3,(H,10,11)(H,13,14). The average molecular weight is 275 g/mol. The third-order valence-corrected chi connectivity index (χ3v) is 4.68. The molecule has 1 aromatic rings. The molecule has 0 spiro atoms. The number of hydrogen-bond donors (Lipinski definition) is 3. The Kier molecular flexibility index (Phi) is 2.72. The largest absolute Gasteiger partial charge is 0.476 e. The van der Waals surface area contributed by atoms with Crippen molar-refractivity contribution in [2.24, 2.45) is 0 Å². The number of hydrogen-bond acceptors (Lipinski definition) is 5. The first kappa shape index (κ1) is 13.0. The second kappa shape index (κ2) is 3.77. The highest BCUT2D eigenvalue weighted by molar-refractivity contribution is 7.89. The van der Waals surface area contributed by atoms with Gasteiger partial charge in [0.1, 0.15) is 4.90 Å². The summed E-state index contributed by atoms with van der Waals surface area (Å²) in [5, 5.41) is 24.3.